The third kappa shape index (κ3) is 3.13. The number of hydrogen-bond acceptors (Lipinski definition) is 3. The summed E-state index contributed by atoms with van der Waals surface area (Å²) in [6, 6.07) is 8.51. The Bertz CT molecular complexity index is 664. The zero-order chi connectivity index (χ0) is 13.9. The molecule has 102 valence electrons. The normalized spacial score (nSPS) is 13.6. The van der Waals surface area contributed by atoms with E-state index in [9.17, 15) is 8.42 Å². The van der Waals surface area contributed by atoms with Crippen LogP contribution in [0.1, 0.15) is 13.3 Å². The van der Waals surface area contributed by atoms with Gasteiger partial charge in [-0.05, 0) is 30.7 Å². The molecule has 0 saturated heterocycles. The monoisotopic (exact) mass is 342 g/mol. The van der Waals surface area contributed by atoms with Crippen molar-refractivity contribution in [1.29, 1.82) is 0 Å². The summed E-state index contributed by atoms with van der Waals surface area (Å²) >= 11 is 3.31. The second kappa shape index (κ2) is 5.98. The number of sulfonamides is 1. The molecule has 19 heavy (non-hydrogen) atoms. The first-order valence-electron chi connectivity index (χ1n) is 6.00. The molecule has 0 aliphatic heterocycles. The lowest BCUT2D eigenvalue weighted by atomic mass is 10.2. The number of alkyl halides is 1. The molecule has 0 amide bonds. The third-order valence-corrected chi connectivity index (χ3v) is 5.26. The maximum atomic E-state index is 12.4. The molecular weight excluding hydrogens is 328 g/mol. The molecule has 2 aromatic rings. The van der Waals surface area contributed by atoms with Crippen molar-refractivity contribution < 1.29 is 8.42 Å². The first-order chi connectivity index (χ1) is 9.08. The van der Waals surface area contributed by atoms with Crippen molar-refractivity contribution >= 4 is 36.9 Å². The van der Waals surface area contributed by atoms with Crippen molar-refractivity contribution in [3.05, 3.63) is 36.5 Å². The number of nitrogens with one attached hydrogen (secondary N) is 1. The van der Waals surface area contributed by atoms with E-state index in [0.717, 1.165) is 6.42 Å². The molecule has 1 unspecified atom stereocenters. The molecule has 4 nitrogen and oxygen atoms in total. The van der Waals surface area contributed by atoms with E-state index in [2.05, 4.69) is 25.6 Å². The van der Waals surface area contributed by atoms with Crippen molar-refractivity contribution in [2.75, 3.05) is 5.33 Å². The molecule has 1 atom stereocenters. The molecule has 0 saturated carbocycles. The van der Waals surface area contributed by atoms with Gasteiger partial charge in [0.05, 0.1) is 10.4 Å². The van der Waals surface area contributed by atoms with Gasteiger partial charge in [-0.2, -0.15) is 0 Å². The zero-order valence-corrected chi connectivity index (χ0v) is 12.9. The Morgan fingerprint density at radius 1 is 1.32 bits per heavy atom. The fourth-order valence-electron chi connectivity index (χ4n) is 1.82. The largest absolute Gasteiger partial charge is 0.256 e. The van der Waals surface area contributed by atoms with Gasteiger partial charge in [-0.25, -0.2) is 13.1 Å². The molecule has 0 spiro atoms. The average molecular weight is 343 g/mol. The molecule has 6 heteroatoms. The molecule has 0 fully saturated rings. The molecule has 1 aromatic carbocycles. The van der Waals surface area contributed by atoms with Crippen molar-refractivity contribution in [3.8, 4) is 0 Å². The number of benzene rings is 1. The lowest BCUT2D eigenvalue weighted by Gasteiger charge is -2.15. The molecule has 0 aliphatic carbocycles. The maximum Gasteiger partial charge on any atom is 0.241 e. The summed E-state index contributed by atoms with van der Waals surface area (Å²) in [5.74, 6) is 0. The molecule has 0 radical (unpaired) electrons. The number of pyridine rings is 1. The summed E-state index contributed by atoms with van der Waals surface area (Å²) in [7, 11) is -3.53. The molecule has 1 aromatic heterocycles. The van der Waals surface area contributed by atoms with E-state index in [4.69, 9.17) is 0 Å². The van der Waals surface area contributed by atoms with Crippen LogP contribution >= 0.6 is 15.9 Å². The highest BCUT2D eigenvalue weighted by Crippen LogP contribution is 2.21. The SMILES string of the molecule is CCC(CBr)NS(=O)(=O)c1cccc2ncccc12. The summed E-state index contributed by atoms with van der Waals surface area (Å²) in [6.45, 7) is 1.94. The van der Waals surface area contributed by atoms with Gasteiger partial charge < -0.3 is 0 Å². The number of rotatable bonds is 5. The van der Waals surface area contributed by atoms with Gasteiger partial charge in [0, 0.05) is 23.0 Å². The predicted molar refractivity (Wildman–Crippen MR) is 79.9 cm³/mol. The number of hydrogen-bond donors (Lipinski definition) is 1. The van der Waals surface area contributed by atoms with Gasteiger partial charge in [0.15, 0.2) is 0 Å². The van der Waals surface area contributed by atoms with Gasteiger partial charge in [0.1, 0.15) is 0 Å². The van der Waals surface area contributed by atoms with E-state index < -0.39 is 10.0 Å². The van der Waals surface area contributed by atoms with Gasteiger partial charge in [-0.15, -0.1) is 0 Å². The van der Waals surface area contributed by atoms with Gasteiger partial charge in [-0.1, -0.05) is 28.9 Å². The van der Waals surface area contributed by atoms with E-state index in [1.165, 1.54) is 0 Å². The summed E-state index contributed by atoms with van der Waals surface area (Å²) in [5, 5.41) is 1.23. The molecular formula is C13H15BrN2O2S. The lowest BCUT2D eigenvalue weighted by Crippen LogP contribution is -2.35. The Morgan fingerprint density at radius 3 is 2.79 bits per heavy atom. The van der Waals surface area contributed by atoms with Crippen LogP contribution in [0.5, 0.6) is 0 Å². The molecule has 2 rings (SSSR count). The van der Waals surface area contributed by atoms with Crippen LogP contribution in [0.15, 0.2) is 41.4 Å². The van der Waals surface area contributed by atoms with Crippen molar-refractivity contribution in [3.63, 3.8) is 0 Å². The van der Waals surface area contributed by atoms with E-state index in [0.29, 0.717) is 16.2 Å². The first kappa shape index (κ1) is 14.4. The van der Waals surface area contributed by atoms with Crippen LogP contribution in [0.4, 0.5) is 0 Å². The van der Waals surface area contributed by atoms with Gasteiger partial charge in [-0.3, -0.25) is 4.98 Å². The van der Waals surface area contributed by atoms with E-state index >= 15 is 0 Å². The number of aromatic nitrogens is 1. The molecule has 0 bridgehead atoms. The highest BCUT2D eigenvalue weighted by molar-refractivity contribution is 9.09. The quantitative estimate of drug-likeness (QED) is 0.850. The highest BCUT2D eigenvalue weighted by Gasteiger charge is 2.20. The first-order valence-corrected chi connectivity index (χ1v) is 8.61. The third-order valence-electron chi connectivity index (χ3n) is 2.90. The average Bonchev–Trinajstić information content (AvgIpc) is 2.44. The van der Waals surface area contributed by atoms with Gasteiger partial charge in [0.25, 0.3) is 0 Å². The summed E-state index contributed by atoms with van der Waals surface area (Å²) in [4.78, 5) is 4.45. The van der Waals surface area contributed by atoms with Crippen LogP contribution in [0.3, 0.4) is 0 Å². The minimum atomic E-state index is -3.53. The highest BCUT2D eigenvalue weighted by atomic mass is 79.9. The number of nitrogens with zero attached hydrogens (tertiary/aromatic N) is 1. The van der Waals surface area contributed by atoms with Crippen LogP contribution in [0.2, 0.25) is 0 Å². The number of fused-ring (bicyclic) bond motifs is 1. The van der Waals surface area contributed by atoms with Crippen LogP contribution in [0, 0.1) is 0 Å². The molecule has 1 N–H and O–H groups in total. The fraction of sp³-hybridized carbons (Fsp3) is 0.308. The molecule has 1 heterocycles. The maximum absolute atomic E-state index is 12.4. The Morgan fingerprint density at radius 2 is 2.11 bits per heavy atom. The van der Waals surface area contributed by atoms with Crippen molar-refractivity contribution in [2.24, 2.45) is 0 Å². The Labute approximate surface area is 121 Å². The van der Waals surface area contributed by atoms with Gasteiger partial charge >= 0.3 is 0 Å². The van der Waals surface area contributed by atoms with Crippen LogP contribution in [0.25, 0.3) is 10.9 Å². The Hall–Kier alpha value is -0.980. The second-order valence-electron chi connectivity index (χ2n) is 4.21. The predicted octanol–water partition coefficient (Wildman–Crippen LogP) is 2.69. The van der Waals surface area contributed by atoms with Gasteiger partial charge in [0.2, 0.25) is 10.0 Å². The molecule has 0 aliphatic rings. The summed E-state index contributed by atoms with van der Waals surface area (Å²) in [6.07, 6.45) is 2.38. The van der Waals surface area contributed by atoms with Crippen LogP contribution in [-0.4, -0.2) is 24.8 Å². The smallest absolute Gasteiger partial charge is 0.241 e. The summed E-state index contributed by atoms with van der Waals surface area (Å²) in [5.41, 5.74) is 0.678. The zero-order valence-electron chi connectivity index (χ0n) is 10.5. The van der Waals surface area contributed by atoms with Crippen molar-refractivity contribution in [2.45, 2.75) is 24.3 Å². The summed E-state index contributed by atoms with van der Waals surface area (Å²) < 4.78 is 27.5. The standard InChI is InChI=1S/C13H15BrN2O2S/c1-2-10(9-14)16-19(17,18)13-7-3-6-12-11(13)5-4-8-15-12/h3-8,10,16H,2,9H2,1H3. The Balaban J connectivity index is 2.49. The Kier molecular flexibility index (Phi) is 4.54. The minimum absolute atomic E-state index is 0.114. The van der Waals surface area contributed by atoms with E-state index in [1.54, 1.807) is 36.5 Å². The second-order valence-corrected chi connectivity index (χ2v) is 6.54. The topological polar surface area (TPSA) is 59.1 Å². The number of halogens is 1. The van der Waals surface area contributed by atoms with E-state index in [-0.39, 0.29) is 10.9 Å². The fourth-order valence-corrected chi connectivity index (χ4v) is 4.19. The minimum Gasteiger partial charge on any atom is -0.256 e. The lowest BCUT2D eigenvalue weighted by molar-refractivity contribution is 0.560. The van der Waals surface area contributed by atoms with Crippen molar-refractivity contribution in [1.82, 2.24) is 9.71 Å². The van der Waals surface area contributed by atoms with E-state index in [1.807, 2.05) is 6.92 Å². The van der Waals surface area contributed by atoms with Crippen LogP contribution in [-0.2, 0) is 10.0 Å². The van der Waals surface area contributed by atoms with Crippen LogP contribution < -0.4 is 4.72 Å².